The number of sulfonamides is 1. The van der Waals surface area contributed by atoms with E-state index in [2.05, 4.69) is 20.1 Å². The third-order valence-corrected chi connectivity index (χ3v) is 7.45. The summed E-state index contributed by atoms with van der Waals surface area (Å²) >= 11 is 0. The lowest BCUT2D eigenvalue weighted by Crippen LogP contribution is -2.37. The number of aromatic amines is 1. The number of fused-ring (bicyclic) bond motifs is 1. The molecule has 28 heavy (non-hydrogen) atoms. The molecule has 4 rings (SSSR count). The van der Waals surface area contributed by atoms with Crippen LogP contribution in [0.5, 0.6) is 0 Å². The maximum Gasteiger partial charge on any atom is 0.291 e. The highest BCUT2D eigenvalue weighted by Crippen LogP contribution is 2.27. The van der Waals surface area contributed by atoms with Crippen molar-refractivity contribution in [3.05, 3.63) is 41.5 Å². The first kappa shape index (κ1) is 19.0. The molecule has 0 bridgehead atoms. The molecule has 0 saturated carbocycles. The second kappa shape index (κ2) is 7.26. The number of aromatic nitrogens is 3. The quantitative estimate of drug-likeness (QED) is 0.788. The van der Waals surface area contributed by atoms with E-state index < -0.39 is 10.0 Å². The van der Waals surface area contributed by atoms with Crippen molar-refractivity contribution in [2.75, 3.05) is 33.7 Å². The first-order chi connectivity index (χ1) is 13.4. The second-order valence-corrected chi connectivity index (χ2v) is 9.45. The van der Waals surface area contributed by atoms with Crippen molar-refractivity contribution in [1.82, 2.24) is 29.3 Å². The van der Waals surface area contributed by atoms with Crippen LogP contribution in [0.25, 0.3) is 0 Å². The molecule has 1 saturated heterocycles. The summed E-state index contributed by atoms with van der Waals surface area (Å²) in [6, 6.07) is 5.51. The summed E-state index contributed by atoms with van der Waals surface area (Å²) < 4.78 is 27.7. The second-order valence-electron chi connectivity index (χ2n) is 7.51. The molecular formula is C18H24N6O3S. The number of amides is 1. The zero-order valence-corrected chi connectivity index (χ0v) is 16.8. The fourth-order valence-electron chi connectivity index (χ4n) is 3.83. The van der Waals surface area contributed by atoms with E-state index in [1.54, 1.807) is 21.3 Å². The van der Waals surface area contributed by atoms with Crippen molar-refractivity contribution in [2.45, 2.75) is 30.3 Å². The number of hydrogen-bond acceptors (Lipinski definition) is 6. The lowest BCUT2D eigenvalue weighted by Gasteiger charge is -2.29. The molecule has 1 aromatic heterocycles. The number of likely N-dealkylation sites (N-methyl/N-ethyl adjacent to an activating group) is 1. The highest BCUT2D eigenvalue weighted by molar-refractivity contribution is 7.89. The van der Waals surface area contributed by atoms with Gasteiger partial charge in [-0.25, -0.2) is 13.4 Å². The third kappa shape index (κ3) is 3.43. The predicted octanol–water partition coefficient (Wildman–Crippen LogP) is 0.328. The summed E-state index contributed by atoms with van der Waals surface area (Å²) in [5.74, 6) is -0.0381. The molecule has 2 aliphatic rings. The number of nitrogens with zero attached hydrogens (tertiary/aromatic N) is 5. The Bertz CT molecular complexity index is 973. The van der Waals surface area contributed by atoms with E-state index in [-0.39, 0.29) is 17.8 Å². The molecule has 0 radical (unpaired) electrons. The number of carbonyl (C=O) groups excluding carboxylic acids is 1. The highest BCUT2D eigenvalue weighted by atomic mass is 32.2. The summed E-state index contributed by atoms with van der Waals surface area (Å²) in [4.78, 5) is 20.5. The lowest BCUT2D eigenvalue weighted by molar-refractivity contribution is 0.0722. The van der Waals surface area contributed by atoms with E-state index in [1.807, 2.05) is 20.2 Å². The van der Waals surface area contributed by atoms with Crippen molar-refractivity contribution >= 4 is 15.9 Å². The standard InChI is InChI=1S/C18H24N6O3S/c1-22(2)15-6-8-24(11-15)28(26,27)16-4-3-13-5-7-23(10-14(13)9-16)18(25)17-19-12-20-21-17/h3-4,9,12,15H,5-8,10-11H2,1-2H3,(H,19,20,21)/t15-/m1/s1. The fourth-order valence-corrected chi connectivity index (χ4v) is 5.37. The number of nitrogens with one attached hydrogen (secondary N) is 1. The fraction of sp³-hybridized carbons (Fsp3) is 0.500. The molecule has 0 aliphatic carbocycles. The van der Waals surface area contributed by atoms with Gasteiger partial charge in [0.25, 0.3) is 5.91 Å². The van der Waals surface area contributed by atoms with Crippen LogP contribution in [0, 0.1) is 0 Å². The molecule has 1 fully saturated rings. The van der Waals surface area contributed by atoms with Crippen molar-refractivity contribution in [3.63, 3.8) is 0 Å². The normalized spacial score (nSPS) is 20.5. The summed E-state index contributed by atoms with van der Waals surface area (Å²) in [6.45, 7) is 1.95. The van der Waals surface area contributed by atoms with Crippen LogP contribution in [0.2, 0.25) is 0 Å². The molecule has 2 aliphatic heterocycles. The molecule has 150 valence electrons. The molecule has 1 atom stereocenters. The Morgan fingerprint density at radius 2 is 2.07 bits per heavy atom. The van der Waals surface area contributed by atoms with Crippen molar-refractivity contribution < 1.29 is 13.2 Å². The van der Waals surface area contributed by atoms with Crippen LogP contribution in [0.1, 0.15) is 28.2 Å². The molecule has 3 heterocycles. The van der Waals surface area contributed by atoms with Crippen molar-refractivity contribution in [2.24, 2.45) is 0 Å². The minimum Gasteiger partial charge on any atom is -0.331 e. The SMILES string of the molecule is CN(C)[C@@H]1CCN(S(=O)(=O)c2ccc3c(c2)CN(C(=O)c2ncn[nH]2)CC3)C1. The predicted molar refractivity (Wildman–Crippen MR) is 102 cm³/mol. The van der Waals surface area contributed by atoms with E-state index in [1.165, 1.54) is 6.33 Å². The van der Waals surface area contributed by atoms with Gasteiger partial charge in [0.15, 0.2) is 0 Å². The van der Waals surface area contributed by atoms with Crippen LogP contribution in [0.15, 0.2) is 29.4 Å². The van der Waals surface area contributed by atoms with Gasteiger partial charge < -0.3 is 9.80 Å². The molecule has 10 heteroatoms. The van der Waals surface area contributed by atoms with Gasteiger partial charge in [-0.3, -0.25) is 9.89 Å². The molecule has 9 nitrogen and oxygen atoms in total. The van der Waals surface area contributed by atoms with Gasteiger partial charge in [0.1, 0.15) is 6.33 Å². The minimum absolute atomic E-state index is 0.194. The lowest BCUT2D eigenvalue weighted by atomic mass is 10.00. The van der Waals surface area contributed by atoms with Gasteiger partial charge in [0.05, 0.1) is 4.90 Å². The van der Waals surface area contributed by atoms with Crippen LogP contribution in [0.3, 0.4) is 0 Å². The number of hydrogen-bond donors (Lipinski definition) is 1. The Hall–Kier alpha value is -2.30. The molecule has 1 N–H and O–H groups in total. The van der Waals surface area contributed by atoms with Gasteiger partial charge in [-0.1, -0.05) is 6.07 Å². The van der Waals surface area contributed by atoms with Gasteiger partial charge in [0.2, 0.25) is 15.8 Å². The van der Waals surface area contributed by atoms with Crippen LogP contribution in [-0.4, -0.2) is 83.4 Å². The molecule has 1 amide bonds. The molecule has 0 unspecified atom stereocenters. The maximum atomic E-state index is 13.1. The number of rotatable bonds is 4. The zero-order valence-electron chi connectivity index (χ0n) is 16.0. The minimum atomic E-state index is -3.54. The van der Waals surface area contributed by atoms with E-state index in [0.717, 1.165) is 17.5 Å². The van der Waals surface area contributed by atoms with Gasteiger partial charge in [-0.2, -0.15) is 9.40 Å². The Morgan fingerprint density at radius 3 is 2.75 bits per heavy atom. The summed E-state index contributed by atoms with van der Waals surface area (Å²) in [5.41, 5.74) is 1.94. The van der Waals surface area contributed by atoms with Gasteiger partial charge in [0, 0.05) is 32.2 Å². The smallest absolute Gasteiger partial charge is 0.291 e. The largest absolute Gasteiger partial charge is 0.331 e. The molecule has 2 aromatic rings. The Labute approximate surface area is 164 Å². The Balaban J connectivity index is 1.56. The Morgan fingerprint density at radius 1 is 1.25 bits per heavy atom. The van der Waals surface area contributed by atoms with E-state index >= 15 is 0 Å². The van der Waals surface area contributed by atoms with Crippen LogP contribution in [0.4, 0.5) is 0 Å². The molecule has 0 spiro atoms. The zero-order chi connectivity index (χ0) is 19.9. The summed E-state index contributed by atoms with van der Waals surface area (Å²) in [7, 11) is 0.399. The van der Waals surface area contributed by atoms with E-state index in [4.69, 9.17) is 0 Å². The average molecular weight is 404 g/mol. The van der Waals surface area contributed by atoms with Crippen molar-refractivity contribution in [1.29, 1.82) is 0 Å². The Kier molecular flexibility index (Phi) is 4.94. The number of H-pyrrole nitrogens is 1. The van der Waals surface area contributed by atoms with Crippen LogP contribution >= 0.6 is 0 Å². The number of carbonyl (C=O) groups is 1. The van der Waals surface area contributed by atoms with E-state index in [9.17, 15) is 13.2 Å². The topological polar surface area (TPSA) is 102 Å². The number of benzene rings is 1. The van der Waals surface area contributed by atoms with E-state index in [0.29, 0.717) is 37.5 Å². The molecular weight excluding hydrogens is 380 g/mol. The maximum absolute atomic E-state index is 13.1. The average Bonchev–Trinajstić information content (AvgIpc) is 3.38. The summed E-state index contributed by atoms with van der Waals surface area (Å²) in [6.07, 6.45) is 2.81. The van der Waals surface area contributed by atoms with Crippen LogP contribution < -0.4 is 0 Å². The first-order valence-electron chi connectivity index (χ1n) is 9.29. The van der Waals surface area contributed by atoms with Gasteiger partial charge in [-0.15, -0.1) is 0 Å². The summed E-state index contributed by atoms with van der Waals surface area (Å²) in [5, 5.41) is 6.30. The highest BCUT2D eigenvalue weighted by Gasteiger charge is 2.34. The monoisotopic (exact) mass is 404 g/mol. The third-order valence-electron chi connectivity index (χ3n) is 5.59. The molecule has 1 aromatic carbocycles. The van der Waals surface area contributed by atoms with Gasteiger partial charge in [-0.05, 0) is 50.2 Å². The first-order valence-corrected chi connectivity index (χ1v) is 10.7. The van der Waals surface area contributed by atoms with Crippen LogP contribution in [-0.2, 0) is 23.0 Å². The van der Waals surface area contributed by atoms with Crippen molar-refractivity contribution in [3.8, 4) is 0 Å². The van der Waals surface area contributed by atoms with Gasteiger partial charge >= 0.3 is 0 Å².